The number of aryl methyl sites for hydroxylation is 1. The first-order valence-corrected chi connectivity index (χ1v) is 3.81. The van der Waals surface area contributed by atoms with Crippen LogP contribution in [0.2, 0.25) is 0 Å². The predicted octanol–water partition coefficient (Wildman–Crippen LogP) is 3.24. The smallest absolute Gasteiger partial charge is 0.387 e. The maximum atomic E-state index is 11.8. The summed E-state index contributed by atoms with van der Waals surface area (Å²) in [5, 5.41) is 0. The summed E-state index contributed by atoms with van der Waals surface area (Å²) in [7, 11) is 0. The molecule has 0 atom stereocenters. The lowest BCUT2D eigenvalue weighted by Crippen LogP contribution is -2.03. The van der Waals surface area contributed by atoms with Gasteiger partial charge in [-0.25, -0.2) is 0 Å². The van der Waals surface area contributed by atoms with Crippen LogP contribution in [0.1, 0.15) is 11.1 Å². The number of rotatable bonds is 3. The van der Waals surface area contributed by atoms with E-state index in [1.54, 1.807) is 25.1 Å². The van der Waals surface area contributed by atoms with E-state index in [-0.39, 0.29) is 5.75 Å². The van der Waals surface area contributed by atoms with Gasteiger partial charge in [0.15, 0.2) is 0 Å². The molecule has 3 heteroatoms. The fourth-order valence-corrected chi connectivity index (χ4v) is 1.03. The molecule has 13 heavy (non-hydrogen) atoms. The summed E-state index contributed by atoms with van der Waals surface area (Å²) in [5.41, 5.74) is 1.57. The first kappa shape index (κ1) is 9.71. The zero-order chi connectivity index (χ0) is 9.84. The Hall–Kier alpha value is -1.38. The van der Waals surface area contributed by atoms with Gasteiger partial charge in [-0.3, -0.25) is 0 Å². The Kier molecular flexibility index (Phi) is 3.01. The Labute approximate surface area is 75.6 Å². The van der Waals surface area contributed by atoms with E-state index >= 15 is 0 Å². The molecule has 0 amide bonds. The lowest BCUT2D eigenvalue weighted by atomic mass is 10.1. The third-order valence-electron chi connectivity index (χ3n) is 1.65. The third-order valence-corrected chi connectivity index (χ3v) is 1.65. The van der Waals surface area contributed by atoms with Crippen LogP contribution in [-0.4, -0.2) is 6.61 Å². The van der Waals surface area contributed by atoms with Gasteiger partial charge >= 0.3 is 6.61 Å². The molecule has 1 aromatic carbocycles. The molecule has 70 valence electrons. The standard InChI is InChI=1S/C10H10F2O/c1-3-8-4-5-9(7(2)6-8)13-10(11)12/h3-6,10H,1H2,2H3. The molecule has 0 bridgehead atoms. The average molecular weight is 184 g/mol. The topological polar surface area (TPSA) is 9.23 Å². The highest BCUT2D eigenvalue weighted by atomic mass is 19.3. The largest absolute Gasteiger partial charge is 0.435 e. The van der Waals surface area contributed by atoms with E-state index in [0.717, 1.165) is 5.56 Å². The summed E-state index contributed by atoms with van der Waals surface area (Å²) in [6.45, 7) is 2.52. The molecule has 0 spiro atoms. The molecule has 0 saturated heterocycles. The van der Waals surface area contributed by atoms with Crippen molar-refractivity contribution >= 4 is 6.08 Å². The van der Waals surface area contributed by atoms with Crippen molar-refractivity contribution in [2.75, 3.05) is 0 Å². The Balaban J connectivity index is 2.91. The number of hydrogen-bond donors (Lipinski definition) is 0. The van der Waals surface area contributed by atoms with Crippen LogP contribution in [0.25, 0.3) is 6.08 Å². The first-order valence-electron chi connectivity index (χ1n) is 3.81. The van der Waals surface area contributed by atoms with Gasteiger partial charge in [0.05, 0.1) is 0 Å². The monoisotopic (exact) mass is 184 g/mol. The van der Waals surface area contributed by atoms with Crippen LogP contribution in [0.5, 0.6) is 5.75 Å². The van der Waals surface area contributed by atoms with Crippen LogP contribution in [0.4, 0.5) is 8.78 Å². The zero-order valence-corrected chi connectivity index (χ0v) is 7.26. The number of benzene rings is 1. The molecule has 0 saturated carbocycles. The molecule has 1 rings (SSSR count). The van der Waals surface area contributed by atoms with E-state index in [1.807, 2.05) is 0 Å². The quantitative estimate of drug-likeness (QED) is 0.700. The molecule has 1 nitrogen and oxygen atoms in total. The fraction of sp³-hybridized carbons (Fsp3) is 0.200. The molecule has 0 aromatic heterocycles. The van der Waals surface area contributed by atoms with E-state index in [4.69, 9.17) is 0 Å². The highest BCUT2D eigenvalue weighted by molar-refractivity contribution is 5.51. The minimum atomic E-state index is -2.77. The van der Waals surface area contributed by atoms with Gasteiger partial charge in [-0.2, -0.15) is 8.78 Å². The Morgan fingerprint density at radius 2 is 2.15 bits per heavy atom. The van der Waals surface area contributed by atoms with Crippen LogP contribution in [0, 0.1) is 6.92 Å². The second kappa shape index (κ2) is 4.03. The van der Waals surface area contributed by atoms with E-state index in [0.29, 0.717) is 5.56 Å². The van der Waals surface area contributed by atoms with Crippen LogP contribution >= 0.6 is 0 Å². The molecule has 1 aromatic rings. The molecule has 0 aliphatic carbocycles. The maximum Gasteiger partial charge on any atom is 0.387 e. The second-order valence-corrected chi connectivity index (χ2v) is 2.61. The molecule has 0 fully saturated rings. The summed E-state index contributed by atoms with van der Waals surface area (Å²) in [4.78, 5) is 0. The molecule has 0 aliphatic heterocycles. The predicted molar refractivity (Wildman–Crippen MR) is 47.9 cm³/mol. The van der Waals surface area contributed by atoms with Crippen molar-refractivity contribution in [1.29, 1.82) is 0 Å². The molecule has 0 N–H and O–H groups in total. The van der Waals surface area contributed by atoms with E-state index in [9.17, 15) is 8.78 Å². The van der Waals surface area contributed by atoms with Crippen molar-refractivity contribution in [3.63, 3.8) is 0 Å². The maximum absolute atomic E-state index is 11.8. The molecular formula is C10H10F2O. The average Bonchev–Trinajstić information content (AvgIpc) is 2.08. The number of ether oxygens (including phenoxy) is 1. The summed E-state index contributed by atoms with van der Waals surface area (Å²) < 4.78 is 28.0. The highest BCUT2D eigenvalue weighted by Gasteiger charge is 2.06. The lowest BCUT2D eigenvalue weighted by molar-refractivity contribution is -0.0502. The molecule has 0 unspecified atom stereocenters. The minimum Gasteiger partial charge on any atom is -0.435 e. The third kappa shape index (κ3) is 2.54. The van der Waals surface area contributed by atoms with Gasteiger partial charge in [0.25, 0.3) is 0 Å². The number of alkyl halides is 2. The molecular weight excluding hydrogens is 174 g/mol. The van der Waals surface area contributed by atoms with Crippen molar-refractivity contribution in [3.8, 4) is 5.75 Å². The Morgan fingerprint density at radius 1 is 1.46 bits per heavy atom. The van der Waals surface area contributed by atoms with Crippen molar-refractivity contribution < 1.29 is 13.5 Å². The summed E-state index contributed by atoms with van der Waals surface area (Å²) >= 11 is 0. The van der Waals surface area contributed by atoms with Crippen molar-refractivity contribution in [2.45, 2.75) is 13.5 Å². The van der Waals surface area contributed by atoms with Crippen LogP contribution in [-0.2, 0) is 0 Å². The minimum absolute atomic E-state index is 0.209. The zero-order valence-electron chi connectivity index (χ0n) is 7.26. The van der Waals surface area contributed by atoms with Gasteiger partial charge in [0.1, 0.15) is 5.75 Å². The van der Waals surface area contributed by atoms with Crippen LogP contribution < -0.4 is 4.74 Å². The van der Waals surface area contributed by atoms with Gasteiger partial charge in [-0.05, 0) is 30.2 Å². The first-order chi connectivity index (χ1) is 6.13. The fourth-order valence-electron chi connectivity index (χ4n) is 1.03. The van der Waals surface area contributed by atoms with Gasteiger partial charge in [0, 0.05) is 0 Å². The number of halogens is 2. The highest BCUT2D eigenvalue weighted by Crippen LogP contribution is 2.21. The van der Waals surface area contributed by atoms with Gasteiger partial charge < -0.3 is 4.74 Å². The molecule has 0 aliphatic rings. The Morgan fingerprint density at radius 3 is 2.62 bits per heavy atom. The summed E-state index contributed by atoms with van der Waals surface area (Å²) in [5.74, 6) is 0.209. The van der Waals surface area contributed by atoms with E-state index in [2.05, 4.69) is 11.3 Å². The van der Waals surface area contributed by atoms with Gasteiger partial charge in [-0.15, -0.1) is 0 Å². The summed E-state index contributed by atoms with van der Waals surface area (Å²) in [6, 6.07) is 4.93. The van der Waals surface area contributed by atoms with Crippen LogP contribution in [0.3, 0.4) is 0 Å². The van der Waals surface area contributed by atoms with Crippen LogP contribution in [0.15, 0.2) is 24.8 Å². The van der Waals surface area contributed by atoms with Crippen molar-refractivity contribution in [3.05, 3.63) is 35.9 Å². The molecule has 0 heterocycles. The number of hydrogen-bond acceptors (Lipinski definition) is 1. The van der Waals surface area contributed by atoms with Gasteiger partial charge in [-0.1, -0.05) is 18.7 Å². The van der Waals surface area contributed by atoms with Crippen molar-refractivity contribution in [1.82, 2.24) is 0 Å². The Bertz CT molecular complexity index is 308. The van der Waals surface area contributed by atoms with E-state index < -0.39 is 6.61 Å². The van der Waals surface area contributed by atoms with E-state index in [1.165, 1.54) is 6.07 Å². The van der Waals surface area contributed by atoms with Crippen molar-refractivity contribution in [2.24, 2.45) is 0 Å². The summed E-state index contributed by atoms with van der Waals surface area (Å²) in [6.07, 6.45) is 1.65. The van der Waals surface area contributed by atoms with Gasteiger partial charge in [0.2, 0.25) is 0 Å². The SMILES string of the molecule is C=Cc1ccc(OC(F)F)c(C)c1. The molecule has 0 radical (unpaired) electrons. The normalized spacial score (nSPS) is 10.2. The lowest BCUT2D eigenvalue weighted by Gasteiger charge is -2.07. The second-order valence-electron chi connectivity index (χ2n) is 2.61.